The molecule has 1 aliphatic carbocycles. The molecular weight excluding hydrogens is 472 g/mol. The molecule has 0 aromatic heterocycles. The highest BCUT2D eigenvalue weighted by molar-refractivity contribution is 7.92. The second kappa shape index (κ2) is 9.66. The fourth-order valence-corrected chi connectivity index (χ4v) is 5.69. The van der Waals surface area contributed by atoms with E-state index in [1.54, 1.807) is 42.5 Å². The van der Waals surface area contributed by atoms with Crippen LogP contribution < -0.4 is 14.4 Å². The van der Waals surface area contributed by atoms with Crippen molar-refractivity contribution in [1.82, 2.24) is 0 Å². The van der Waals surface area contributed by atoms with Gasteiger partial charge in [-0.3, -0.25) is 9.10 Å². The summed E-state index contributed by atoms with van der Waals surface area (Å²) in [6.45, 7) is 2.41. The van der Waals surface area contributed by atoms with Gasteiger partial charge in [-0.1, -0.05) is 48.5 Å². The van der Waals surface area contributed by atoms with Gasteiger partial charge in [0.15, 0.2) is 0 Å². The van der Waals surface area contributed by atoms with Crippen LogP contribution in [0.1, 0.15) is 34.0 Å². The first-order valence-electron chi connectivity index (χ1n) is 12.0. The van der Waals surface area contributed by atoms with E-state index >= 15 is 0 Å². The van der Waals surface area contributed by atoms with Crippen LogP contribution in [0.3, 0.4) is 0 Å². The molecule has 7 heteroatoms. The third kappa shape index (κ3) is 4.66. The van der Waals surface area contributed by atoms with Crippen LogP contribution >= 0.6 is 0 Å². The van der Waals surface area contributed by atoms with Crippen LogP contribution in [0.5, 0.6) is 5.75 Å². The van der Waals surface area contributed by atoms with E-state index in [2.05, 4.69) is 17.4 Å². The number of hydrogen-bond donors (Lipinski definition) is 1. The van der Waals surface area contributed by atoms with Crippen molar-refractivity contribution >= 4 is 38.1 Å². The van der Waals surface area contributed by atoms with E-state index in [0.29, 0.717) is 23.6 Å². The second-order valence-corrected chi connectivity index (χ2v) is 10.8. The molecule has 1 aliphatic rings. The van der Waals surface area contributed by atoms with Crippen LogP contribution in [0.2, 0.25) is 0 Å². The van der Waals surface area contributed by atoms with E-state index in [0.717, 1.165) is 29.5 Å². The summed E-state index contributed by atoms with van der Waals surface area (Å²) in [6.07, 6.45) is 3.24. The summed E-state index contributed by atoms with van der Waals surface area (Å²) in [7, 11) is -3.57. The molecule has 0 radical (unpaired) electrons. The average molecular weight is 501 g/mol. The Labute approximate surface area is 211 Å². The van der Waals surface area contributed by atoms with Crippen molar-refractivity contribution in [3.63, 3.8) is 0 Å². The summed E-state index contributed by atoms with van der Waals surface area (Å²) < 4.78 is 32.2. The highest BCUT2D eigenvalue weighted by Crippen LogP contribution is 2.35. The number of carbonyl (C=O) groups is 1. The van der Waals surface area contributed by atoms with Crippen molar-refractivity contribution in [3.05, 3.63) is 101 Å². The lowest BCUT2D eigenvalue weighted by molar-refractivity contribution is 0.102. The lowest BCUT2D eigenvalue weighted by Gasteiger charge is -2.24. The van der Waals surface area contributed by atoms with E-state index in [1.807, 2.05) is 31.2 Å². The van der Waals surface area contributed by atoms with Crippen LogP contribution in [0, 0.1) is 0 Å². The predicted octanol–water partition coefficient (Wildman–Crippen LogP) is 5.56. The van der Waals surface area contributed by atoms with Gasteiger partial charge in [0.25, 0.3) is 5.91 Å². The number of nitrogens with zero attached hydrogens (tertiary/aromatic N) is 1. The summed E-state index contributed by atoms with van der Waals surface area (Å²) in [4.78, 5) is 13.0. The topological polar surface area (TPSA) is 75.7 Å². The maximum absolute atomic E-state index is 13.0. The van der Waals surface area contributed by atoms with E-state index in [1.165, 1.54) is 27.1 Å². The molecule has 5 rings (SSSR count). The molecule has 4 aromatic carbocycles. The van der Waals surface area contributed by atoms with Gasteiger partial charge in [-0.15, -0.1) is 0 Å². The van der Waals surface area contributed by atoms with Gasteiger partial charge < -0.3 is 10.1 Å². The minimum atomic E-state index is -3.57. The molecule has 0 spiro atoms. The lowest BCUT2D eigenvalue weighted by atomic mass is 10.0. The first kappa shape index (κ1) is 23.9. The van der Waals surface area contributed by atoms with E-state index < -0.39 is 10.0 Å². The summed E-state index contributed by atoms with van der Waals surface area (Å²) in [5.74, 6) is 0.300. The Morgan fingerprint density at radius 3 is 2.36 bits per heavy atom. The van der Waals surface area contributed by atoms with Gasteiger partial charge in [0, 0.05) is 16.6 Å². The number of rotatable bonds is 8. The number of sulfonamides is 1. The molecule has 0 atom stereocenters. The summed E-state index contributed by atoms with van der Waals surface area (Å²) >= 11 is 0. The molecular formula is C29H28N2O4S. The zero-order valence-corrected chi connectivity index (χ0v) is 21.1. The molecule has 0 bridgehead atoms. The molecule has 0 heterocycles. The number of amides is 1. The number of ether oxygens (including phenoxy) is 1. The minimum Gasteiger partial charge on any atom is -0.492 e. The molecule has 0 unspecified atom stereocenters. The van der Waals surface area contributed by atoms with Crippen molar-refractivity contribution in [2.75, 3.05) is 22.5 Å². The Morgan fingerprint density at radius 2 is 1.64 bits per heavy atom. The van der Waals surface area contributed by atoms with E-state index in [4.69, 9.17) is 4.74 Å². The monoisotopic (exact) mass is 500 g/mol. The molecule has 0 saturated carbocycles. The number of hydrogen-bond acceptors (Lipinski definition) is 4. The first-order chi connectivity index (χ1) is 17.3. The zero-order valence-electron chi connectivity index (χ0n) is 20.3. The molecule has 0 fully saturated rings. The van der Waals surface area contributed by atoms with Gasteiger partial charge in [-0.05, 0) is 72.2 Å². The quantitative estimate of drug-likeness (QED) is 0.344. The maximum atomic E-state index is 13.0. The molecule has 36 heavy (non-hydrogen) atoms. The van der Waals surface area contributed by atoms with Crippen LogP contribution in [-0.4, -0.2) is 27.2 Å². The van der Waals surface area contributed by atoms with Gasteiger partial charge in [0.05, 0.1) is 25.1 Å². The Bertz CT molecular complexity index is 1540. The molecule has 1 amide bonds. The highest BCUT2D eigenvalue weighted by atomic mass is 32.2. The van der Waals surface area contributed by atoms with Crippen molar-refractivity contribution in [2.45, 2.75) is 26.3 Å². The van der Waals surface area contributed by atoms with Crippen LogP contribution in [0.15, 0.2) is 78.9 Å². The molecule has 0 saturated heterocycles. The smallest absolute Gasteiger partial charge is 0.255 e. The van der Waals surface area contributed by atoms with E-state index in [9.17, 15) is 13.2 Å². The second-order valence-electron chi connectivity index (χ2n) is 8.93. The van der Waals surface area contributed by atoms with Crippen LogP contribution in [0.25, 0.3) is 10.8 Å². The Hall–Kier alpha value is -3.84. The Morgan fingerprint density at radius 1 is 0.917 bits per heavy atom. The fraction of sp³-hybridized carbons (Fsp3) is 0.207. The average Bonchev–Trinajstić information content (AvgIpc) is 3.29. The van der Waals surface area contributed by atoms with Gasteiger partial charge in [-0.2, -0.15) is 0 Å². The number of aryl methyl sites for hydroxylation is 2. The summed E-state index contributed by atoms with van der Waals surface area (Å²) in [5.41, 5.74) is 5.18. The van der Waals surface area contributed by atoms with Gasteiger partial charge in [-0.25, -0.2) is 8.42 Å². The standard InChI is InChI=1S/C29H28N2O4S/c1-3-35-27-10-5-4-9-26(27)31(36(2,33)34)19-20-11-13-23(14-12-20)29(32)30-25-18-17-22-16-15-21-7-6-8-24(25)28(21)22/h4-14,17-18H,3,15-16,19H2,1-2H3,(H,30,32). The van der Waals surface area contributed by atoms with Crippen LogP contribution in [0.4, 0.5) is 11.4 Å². The van der Waals surface area contributed by atoms with Gasteiger partial charge >= 0.3 is 0 Å². The zero-order chi connectivity index (χ0) is 25.3. The van der Waals surface area contributed by atoms with E-state index in [-0.39, 0.29) is 12.5 Å². The number of anilines is 2. The molecule has 184 valence electrons. The number of nitrogens with one attached hydrogen (secondary N) is 1. The van der Waals surface area contributed by atoms with Crippen molar-refractivity contribution in [3.8, 4) is 5.75 Å². The predicted molar refractivity (Wildman–Crippen MR) is 144 cm³/mol. The lowest BCUT2D eigenvalue weighted by Crippen LogP contribution is -2.29. The molecule has 0 aliphatic heterocycles. The summed E-state index contributed by atoms with van der Waals surface area (Å²) in [6, 6.07) is 24.4. The normalized spacial score (nSPS) is 12.5. The van der Waals surface area contributed by atoms with Gasteiger partial charge in [0.2, 0.25) is 10.0 Å². The first-order valence-corrected chi connectivity index (χ1v) is 13.8. The maximum Gasteiger partial charge on any atom is 0.255 e. The van der Waals surface area contributed by atoms with Crippen molar-refractivity contribution in [1.29, 1.82) is 0 Å². The third-order valence-corrected chi connectivity index (χ3v) is 7.63. The Kier molecular flexibility index (Phi) is 6.41. The third-order valence-electron chi connectivity index (χ3n) is 6.50. The number of benzene rings is 4. The van der Waals surface area contributed by atoms with Crippen molar-refractivity contribution in [2.24, 2.45) is 0 Å². The molecule has 4 aromatic rings. The van der Waals surface area contributed by atoms with Crippen LogP contribution in [-0.2, 0) is 29.4 Å². The summed E-state index contributed by atoms with van der Waals surface area (Å²) in [5, 5.41) is 5.36. The Balaban J connectivity index is 1.37. The highest BCUT2D eigenvalue weighted by Gasteiger charge is 2.22. The molecule has 1 N–H and O–H groups in total. The largest absolute Gasteiger partial charge is 0.492 e. The van der Waals surface area contributed by atoms with Crippen molar-refractivity contribution < 1.29 is 17.9 Å². The number of para-hydroxylation sites is 2. The fourth-order valence-electron chi connectivity index (χ4n) is 4.80. The number of carbonyl (C=O) groups excluding carboxylic acids is 1. The molecule has 6 nitrogen and oxygen atoms in total. The SMILES string of the molecule is CCOc1ccccc1N(Cc1ccc(C(=O)Nc2ccc3c4c(cccc24)CC3)cc1)S(C)(=O)=O. The van der Waals surface area contributed by atoms with Gasteiger partial charge in [0.1, 0.15) is 5.75 Å². The minimum absolute atomic E-state index is 0.125.